The van der Waals surface area contributed by atoms with Crippen LogP contribution in [0.25, 0.3) is 0 Å². The van der Waals surface area contributed by atoms with Gasteiger partial charge in [0.25, 0.3) is 0 Å². The lowest BCUT2D eigenvalue weighted by Gasteiger charge is -2.17. The number of hydrogen-bond acceptors (Lipinski definition) is 6. The number of benzene rings is 1. The van der Waals surface area contributed by atoms with Crippen LogP contribution in [0.5, 0.6) is 5.75 Å². The molecule has 0 unspecified atom stereocenters. The molecule has 0 atom stereocenters. The number of nitrogens with zero attached hydrogens (tertiary/aromatic N) is 3. The fraction of sp³-hybridized carbons (Fsp3) is 0.526. The van der Waals surface area contributed by atoms with Gasteiger partial charge in [0.05, 0.1) is 11.5 Å². The first kappa shape index (κ1) is 20.8. The normalized spacial score (nSPS) is 15.2. The van der Waals surface area contributed by atoms with Crippen molar-refractivity contribution in [1.82, 2.24) is 15.0 Å². The molecule has 3 rings (SSSR count). The third kappa shape index (κ3) is 6.03. The molecule has 27 heavy (non-hydrogen) atoms. The fourth-order valence-electron chi connectivity index (χ4n) is 3.30. The molecule has 0 saturated heterocycles. The summed E-state index contributed by atoms with van der Waals surface area (Å²) in [6.07, 6.45) is 7.59. The molecule has 8 heteroatoms. The Balaban J connectivity index is 1.78. The van der Waals surface area contributed by atoms with Gasteiger partial charge in [0.2, 0.25) is 11.9 Å². The van der Waals surface area contributed by atoms with Crippen LogP contribution >= 0.6 is 45.2 Å². The SMILES string of the molecule is COc1ccc(Nc2nc(CI)nc(NC3CCCCCC3)n2)cc1CI. The van der Waals surface area contributed by atoms with Gasteiger partial charge in [0.15, 0.2) is 0 Å². The zero-order chi connectivity index (χ0) is 19.1. The minimum atomic E-state index is 0.455. The number of anilines is 3. The monoisotopic (exact) mass is 593 g/mol. The zero-order valence-electron chi connectivity index (χ0n) is 15.5. The standard InChI is InChI=1S/C19H25I2N5O/c1-27-16-9-8-15(10-13(16)11-20)23-19-25-17(12-21)24-18(26-19)22-14-6-4-2-3-5-7-14/h8-10,14H,2-7,11-12H2,1H3,(H2,22,23,24,25,26). The maximum absolute atomic E-state index is 5.41. The number of ether oxygens (including phenoxy) is 1. The first-order chi connectivity index (χ1) is 13.2. The Hall–Kier alpha value is -0.910. The van der Waals surface area contributed by atoms with Gasteiger partial charge >= 0.3 is 0 Å². The highest BCUT2D eigenvalue weighted by molar-refractivity contribution is 14.1. The molecule has 146 valence electrons. The molecule has 0 aliphatic heterocycles. The summed E-state index contributed by atoms with van der Waals surface area (Å²) in [5, 5.41) is 6.87. The van der Waals surface area contributed by atoms with Crippen LogP contribution in [0, 0.1) is 0 Å². The van der Waals surface area contributed by atoms with Gasteiger partial charge in [-0.15, -0.1) is 0 Å². The van der Waals surface area contributed by atoms with Crippen molar-refractivity contribution in [3.8, 4) is 5.75 Å². The van der Waals surface area contributed by atoms with E-state index in [1.807, 2.05) is 12.1 Å². The Morgan fingerprint density at radius 3 is 2.41 bits per heavy atom. The fourth-order valence-corrected chi connectivity index (χ4v) is 4.23. The van der Waals surface area contributed by atoms with Gasteiger partial charge in [-0.05, 0) is 31.0 Å². The molecule has 0 amide bonds. The average molecular weight is 593 g/mol. The van der Waals surface area contributed by atoms with Crippen LogP contribution in [-0.2, 0) is 8.86 Å². The van der Waals surface area contributed by atoms with Crippen molar-refractivity contribution in [3.63, 3.8) is 0 Å². The van der Waals surface area contributed by atoms with Crippen molar-refractivity contribution >= 4 is 62.8 Å². The number of rotatable bonds is 7. The maximum Gasteiger partial charge on any atom is 0.232 e. The number of methoxy groups -OCH3 is 1. The van der Waals surface area contributed by atoms with Gasteiger partial charge in [-0.1, -0.05) is 70.9 Å². The van der Waals surface area contributed by atoms with Gasteiger partial charge in [-0.25, -0.2) is 0 Å². The second-order valence-electron chi connectivity index (χ2n) is 6.65. The van der Waals surface area contributed by atoms with Gasteiger partial charge in [0, 0.05) is 21.7 Å². The lowest BCUT2D eigenvalue weighted by Crippen LogP contribution is -2.21. The summed E-state index contributed by atoms with van der Waals surface area (Å²) >= 11 is 4.63. The molecule has 1 saturated carbocycles. The van der Waals surface area contributed by atoms with Crippen LogP contribution in [0.4, 0.5) is 17.6 Å². The maximum atomic E-state index is 5.41. The van der Waals surface area contributed by atoms with E-state index in [4.69, 9.17) is 4.74 Å². The highest BCUT2D eigenvalue weighted by Gasteiger charge is 2.15. The molecular formula is C19H25I2N5O. The molecule has 2 aromatic rings. The molecule has 2 N–H and O–H groups in total. The molecule has 1 aliphatic carbocycles. The van der Waals surface area contributed by atoms with Gasteiger partial charge < -0.3 is 15.4 Å². The van der Waals surface area contributed by atoms with Crippen molar-refractivity contribution < 1.29 is 4.74 Å². The molecule has 0 radical (unpaired) electrons. The van der Waals surface area contributed by atoms with Gasteiger partial charge in [-0.2, -0.15) is 15.0 Å². The smallest absolute Gasteiger partial charge is 0.232 e. The predicted octanol–water partition coefficient (Wildman–Crippen LogP) is 5.63. The van der Waals surface area contributed by atoms with Crippen molar-refractivity contribution in [3.05, 3.63) is 29.6 Å². The van der Waals surface area contributed by atoms with Crippen LogP contribution in [0.1, 0.15) is 49.9 Å². The molecule has 1 aromatic heterocycles. The summed E-state index contributed by atoms with van der Waals surface area (Å²) in [6, 6.07) is 6.50. The molecule has 6 nitrogen and oxygen atoms in total. The largest absolute Gasteiger partial charge is 0.496 e. The molecule has 1 fully saturated rings. The third-order valence-corrected chi connectivity index (χ3v) is 6.17. The summed E-state index contributed by atoms with van der Waals surface area (Å²) in [6.45, 7) is 0. The second kappa shape index (κ2) is 10.6. The summed E-state index contributed by atoms with van der Waals surface area (Å²) in [5.74, 6) is 2.94. The van der Waals surface area contributed by atoms with E-state index in [0.29, 0.717) is 17.9 Å². The second-order valence-corrected chi connectivity index (χ2v) is 8.18. The highest BCUT2D eigenvalue weighted by atomic mass is 127. The van der Waals surface area contributed by atoms with Crippen molar-refractivity contribution in [2.24, 2.45) is 0 Å². The van der Waals surface area contributed by atoms with Crippen LogP contribution in [-0.4, -0.2) is 28.1 Å². The van der Waals surface area contributed by atoms with Crippen molar-refractivity contribution in [2.75, 3.05) is 17.7 Å². The zero-order valence-corrected chi connectivity index (χ0v) is 19.8. The van der Waals surface area contributed by atoms with E-state index >= 15 is 0 Å². The Morgan fingerprint density at radius 1 is 1.00 bits per heavy atom. The topological polar surface area (TPSA) is 72.0 Å². The number of halogens is 2. The molecular weight excluding hydrogens is 568 g/mol. The predicted molar refractivity (Wildman–Crippen MR) is 127 cm³/mol. The Bertz CT molecular complexity index is 751. The molecule has 1 aromatic carbocycles. The van der Waals surface area contributed by atoms with Gasteiger partial charge in [-0.3, -0.25) is 0 Å². The van der Waals surface area contributed by atoms with Crippen LogP contribution in [0.2, 0.25) is 0 Å². The number of nitrogens with one attached hydrogen (secondary N) is 2. The molecule has 1 heterocycles. The molecule has 0 spiro atoms. The van der Waals surface area contributed by atoms with E-state index in [2.05, 4.69) is 76.8 Å². The first-order valence-corrected chi connectivity index (χ1v) is 12.3. The van der Waals surface area contributed by atoms with E-state index in [1.54, 1.807) is 7.11 Å². The lowest BCUT2D eigenvalue weighted by molar-refractivity contribution is 0.411. The van der Waals surface area contributed by atoms with E-state index in [0.717, 1.165) is 31.7 Å². The van der Waals surface area contributed by atoms with E-state index < -0.39 is 0 Å². The average Bonchev–Trinajstić information content (AvgIpc) is 2.96. The quantitative estimate of drug-likeness (QED) is 0.247. The molecule has 0 bridgehead atoms. The van der Waals surface area contributed by atoms with E-state index in [-0.39, 0.29) is 0 Å². The lowest BCUT2D eigenvalue weighted by atomic mass is 10.1. The van der Waals surface area contributed by atoms with Crippen molar-refractivity contribution in [1.29, 1.82) is 0 Å². The minimum absolute atomic E-state index is 0.455. The number of alkyl halides is 2. The summed E-state index contributed by atoms with van der Waals surface area (Å²) < 4.78 is 7.03. The Labute approximate surface area is 188 Å². The number of hydrogen-bond donors (Lipinski definition) is 2. The Morgan fingerprint density at radius 2 is 1.74 bits per heavy atom. The van der Waals surface area contributed by atoms with Crippen LogP contribution in [0.3, 0.4) is 0 Å². The molecule has 1 aliphatic rings. The van der Waals surface area contributed by atoms with Crippen LogP contribution in [0.15, 0.2) is 18.2 Å². The summed E-state index contributed by atoms with van der Waals surface area (Å²) in [4.78, 5) is 13.7. The number of aromatic nitrogens is 3. The van der Waals surface area contributed by atoms with E-state index in [1.165, 1.54) is 38.5 Å². The van der Waals surface area contributed by atoms with E-state index in [9.17, 15) is 0 Å². The third-order valence-electron chi connectivity index (χ3n) is 4.67. The van der Waals surface area contributed by atoms with Crippen molar-refractivity contribution in [2.45, 2.75) is 53.4 Å². The Kier molecular flexibility index (Phi) is 8.16. The summed E-state index contributed by atoms with van der Waals surface area (Å²) in [5.41, 5.74) is 2.09. The van der Waals surface area contributed by atoms with Gasteiger partial charge in [0.1, 0.15) is 11.6 Å². The van der Waals surface area contributed by atoms with Crippen LogP contribution < -0.4 is 15.4 Å². The highest BCUT2D eigenvalue weighted by Crippen LogP contribution is 2.26. The minimum Gasteiger partial charge on any atom is -0.496 e. The first-order valence-electron chi connectivity index (χ1n) is 9.29. The summed E-state index contributed by atoms with van der Waals surface area (Å²) in [7, 11) is 1.70.